The molecule has 10 heteroatoms. The topological polar surface area (TPSA) is 123 Å². The second kappa shape index (κ2) is 11.3. The van der Waals surface area contributed by atoms with Crippen molar-refractivity contribution in [3.8, 4) is 0 Å². The van der Waals surface area contributed by atoms with Crippen LogP contribution in [0.5, 0.6) is 0 Å². The third-order valence-electron chi connectivity index (χ3n) is 4.04. The number of carbonyl (C=O) groups is 4. The summed E-state index contributed by atoms with van der Waals surface area (Å²) in [4.78, 5) is 49.9. The van der Waals surface area contributed by atoms with Gasteiger partial charge in [0.05, 0.1) is 19.8 Å². The number of amides is 2. The molecule has 0 saturated carbocycles. The largest absolute Gasteiger partial charge is 0.478 e. The average molecular weight is 386 g/mol. The number of hydrogen-bond donors (Lipinski definition) is 1. The van der Waals surface area contributed by atoms with Crippen molar-refractivity contribution in [2.45, 2.75) is 25.5 Å². The molecule has 10 nitrogen and oxygen atoms in total. The van der Waals surface area contributed by atoms with Crippen LogP contribution in [0.1, 0.15) is 13.3 Å². The highest BCUT2D eigenvalue weighted by Gasteiger charge is 2.41. The molecule has 1 aliphatic rings. The molecule has 1 fully saturated rings. The molecule has 0 aromatic carbocycles. The minimum Gasteiger partial charge on any atom is -0.478 e. The zero-order valence-corrected chi connectivity index (χ0v) is 15.8. The van der Waals surface area contributed by atoms with E-state index in [4.69, 9.17) is 19.3 Å². The predicted molar refractivity (Wildman–Crippen MR) is 92.8 cm³/mol. The molecule has 27 heavy (non-hydrogen) atoms. The Bertz CT molecular complexity index is 569. The Labute approximate surface area is 157 Å². The van der Waals surface area contributed by atoms with E-state index >= 15 is 0 Å². The Morgan fingerprint density at radius 3 is 2.19 bits per heavy atom. The number of aliphatic carboxylic acids is 1. The zero-order chi connectivity index (χ0) is 20.4. The summed E-state index contributed by atoms with van der Waals surface area (Å²) < 4.78 is 15.2. The Morgan fingerprint density at radius 1 is 1.11 bits per heavy atom. The van der Waals surface area contributed by atoms with Crippen LogP contribution < -0.4 is 0 Å². The number of carboxylic acids is 1. The number of carboxylic acid groups (broad SMARTS) is 1. The Morgan fingerprint density at radius 2 is 1.70 bits per heavy atom. The lowest BCUT2D eigenvalue weighted by Gasteiger charge is -2.29. The van der Waals surface area contributed by atoms with Crippen LogP contribution in [0.2, 0.25) is 0 Å². The third-order valence-corrected chi connectivity index (χ3v) is 4.04. The van der Waals surface area contributed by atoms with Gasteiger partial charge in [-0.2, -0.15) is 0 Å². The van der Waals surface area contributed by atoms with Gasteiger partial charge in [0.25, 0.3) is 0 Å². The van der Waals surface area contributed by atoms with Crippen LogP contribution in [0, 0.1) is 0 Å². The maximum atomic E-state index is 12.9. The molecule has 0 unspecified atom stereocenters. The highest BCUT2D eigenvalue weighted by atomic mass is 16.5. The summed E-state index contributed by atoms with van der Waals surface area (Å²) in [6.07, 6.45) is 0.904. The second-order valence-electron chi connectivity index (χ2n) is 5.96. The van der Waals surface area contributed by atoms with Gasteiger partial charge in [0, 0.05) is 52.8 Å². The normalized spacial score (nSPS) is 19.3. The van der Waals surface area contributed by atoms with Gasteiger partial charge in [0.2, 0.25) is 11.8 Å². The molecule has 0 spiro atoms. The van der Waals surface area contributed by atoms with Crippen molar-refractivity contribution >= 4 is 23.8 Å². The van der Waals surface area contributed by atoms with Crippen LogP contribution in [0.15, 0.2) is 12.2 Å². The maximum Gasteiger partial charge on any atom is 0.331 e. The molecule has 0 aliphatic carbocycles. The van der Waals surface area contributed by atoms with Crippen molar-refractivity contribution in [3.63, 3.8) is 0 Å². The predicted octanol–water partition coefficient (Wildman–Crippen LogP) is -0.719. The first kappa shape index (κ1) is 22.6. The SMILES string of the molecule is COCCN(CCOC)C(=O)[C@H]1C[C@H](OC(=O)/C=C/C(=O)O)CN1C(C)=O. The van der Waals surface area contributed by atoms with Crippen LogP contribution in [0.25, 0.3) is 0 Å². The molecule has 1 rings (SSSR count). The summed E-state index contributed by atoms with van der Waals surface area (Å²) in [5, 5.41) is 8.54. The van der Waals surface area contributed by atoms with Crippen molar-refractivity contribution in [2.24, 2.45) is 0 Å². The number of nitrogens with zero attached hydrogens (tertiary/aromatic N) is 2. The number of carbonyl (C=O) groups excluding carboxylic acids is 3. The molecule has 2 amide bonds. The van der Waals surface area contributed by atoms with Gasteiger partial charge in [-0.25, -0.2) is 9.59 Å². The van der Waals surface area contributed by atoms with Gasteiger partial charge in [-0.3, -0.25) is 9.59 Å². The van der Waals surface area contributed by atoms with Gasteiger partial charge in [-0.1, -0.05) is 0 Å². The van der Waals surface area contributed by atoms with Gasteiger partial charge in [-0.05, 0) is 0 Å². The Kier molecular flexibility index (Phi) is 9.45. The monoisotopic (exact) mass is 386 g/mol. The quantitative estimate of drug-likeness (QED) is 0.386. The summed E-state index contributed by atoms with van der Waals surface area (Å²) in [5.41, 5.74) is 0. The number of rotatable bonds is 10. The number of hydrogen-bond acceptors (Lipinski definition) is 7. The number of esters is 1. The molecular formula is C17H26N2O8. The molecule has 0 aromatic heterocycles. The van der Waals surface area contributed by atoms with Crippen LogP contribution >= 0.6 is 0 Å². The van der Waals surface area contributed by atoms with E-state index in [0.29, 0.717) is 32.4 Å². The molecule has 0 aromatic rings. The van der Waals surface area contributed by atoms with Gasteiger partial charge in [-0.15, -0.1) is 0 Å². The van der Waals surface area contributed by atoms with E-state index < -0.39 is 24.1 Å². The van der Waals surface area contributed by atoms with Crippen molar-refractivity contribution < 1.29 is 38.5 Å². The number of likely N-dealkylation sites (tertiary alicyclic amines) is 1. The van der Waals surface area contributed by atoms with Crippen molar-refractivity contribution in [3.05, 3.63) is 12.2 Å². The van der Waals surface area contributed by atoms with Gasteiger partial charge >= 0.3 is 11.9 Å². The van der Waals surface area contributed by atoms with Crippen molar-refractivity contribution in [1.29, 1.82) is 0 Å². The van der Waals surface area contributed by atoms with Gasteiger partial charge in [0.15, 0.2) is 0 Å². The van der Waals surface area contributed by atoms with Gasteiger partial charge in [0.1, 0.15) is 12.1 Å². The lowest BCUT2D eigenvalue weighted by molar-refractivity contribution is -0.144. The fraction of sp³-hybridized carbons (Fsp3) is 0.647. The van der Waals surface area contributed by atoms with Crippen molar-refractivity contribution in [2.75, 3.05) is 47.1 Å². The van der Waals surface area contributed by atoms with E-state index in [-0.39, 0.29) is 24.8 Å². The molecule has 0 bridgehead atoms. The van der Waals surface area contributed by atoms with E-state index in [2.05, 4.69) is 0 Å². The summed E-state index contributed by atoms with van der Waals surface area (Å²) in [6.45, 7) is 2.75. The molecular weight excluding hydrogens is 360 g/mol. The Hall–Kier alpha value is -2.46. The second-order valence-corrected chi connectivity index (χ2v) is 5.96. The molecule has 2 atom stereocenters. The molecule has 1 saturated heterocycles. The van der Waals surface area contributed by atoms with Crippen LogP contribution in [-0.4, -0.2) is 97.9 Å². The molecule has 1 aliphatic heterocycles. The smallest absolute Gasteiger partial charge is 0.331 e. The average Bonchev–Trinajstić information content (AvgIpc) is 3.03. The summed E-state index contributed by atoms with van der Waals surface area (Å²) in [7, 11) is 3.05. The van der Waals surface area contributed by atoms with E-state index in [1.165, 1.54) is 26.0 Å². The fourth-order valence-corrected chi connectivity index (χ4v) is 2.75. The summed E-state index contributed by atoms with van der Waals surface area (Å²) in [5.74, 6) is -2.70. The molecule has 1 heterocycles. The maximum absolute atomic E-state index is 12.9. The first-order valence-corrected chi connectivity index (χ1v) is 8.45. The fourth-order valence-electron chi connectivity index (χ4n) is 2.75. The molecule has 1 N–H and O–H groups in total. The van der Waals surface area contributed by atoms with Crippen molar-refractivity contribution in [1.82, 2.24) is 9.80 Å². The Balaban J connectivity index is 2.82. The molecule has 0 radical (unpaired) electrons. The first-order chi connectivity index (χ1) is 12.8. The van der Waals surface area contributed by atoms with Crippen LogP contribution in [-0.2, 0) is 33.4 Å². The minimum absolute atomic E-state index is 0.0702. The lowest BCUT2D eigenvalue weighted by atomic mass is 10.1. The van der Waals surface area contributed by atoms with E-state index in [0.717, 1.165) is 6.08 Å². The lowest BCUT2D eigenvalue weighted by Crippen LogP contribution is -2.49. The van der Waals surface area contributed by atoms with E-state index in [1.54, 1.807) is 4.90 Å². The highest BCUT2D eigenvalue weighted by Crippen LogP contribution is 2.23. The number of methoxy groups -OCH3 is 2. The highest BCUT2D eigenvalue weighted by molar-refractivity contribution is 5.91. The summed E-state index contributed by atoms with van der Waals surface area (Å²) >= 11 is 0. The molecule has 152 valence electrons. The van der Waals surface area contributed by atoms with Crippen LogP contribution in [0.4, 0.5) is 0 Å². The third kappa shape index (κ3) is 7.35. The summed E-state index contributed by atoms with van der Waals surface area (Å²) in [6, 6.07) is -0.766. The van der Waals surface area contributed by atoms with E-state index in [9.17, 15) is 19.2 Å². The first-order valence-electron chi connectivity index (χ1n) is 8.45. The van der Waals surface area contributed by atoms with E-state index in [1.807, 2.05) is 0 Å². The van der Waals surface area contributed by atoms with Crippen LogP contribution in [0.3, 0.4) is 0 Å². The minimum atomic E-state index is -1.27. The van der Waals surface area contributed by atoms with Gasteiger partial charge < -0.3 is 29.1 Å². The number of ether oxygens (including phenoxy) is 3. The zero-order valence-electron chi connectivity index (χ0n) is 15.8. The standard InChI is InChI=1S/C17H26N2O8/c1-12(20)19-11-13(27-16(23)5-4-15(21)22)10-14(19)17(24)18(6-8-25-2)7-9-26-3/h4-5,13-14H,6-11H2,1-3H3,(H,21,22)/b5-4+/t13-,14+/m0/s1.